The third kappa shape index (κ3) is 4.27. The molecular weight excluding hydrogens is 318 g/mol. The Bertz CT molecular complexity index is 673. The first kappa shape index (κ1) is 18.9. The van der Waals surface area contributed by atoms with Gasteiger partial charge in [0, 0.05) is 36.4 Å². The minimum atomic E-state index is 0.440. The fourth-order valence-corrected chi connectivity index (χ4v) is 4.32. The van der Waals surface area contributed by atoms with Gasteiger partial charge in [-0.2, -0.15) is 0 Å². The second kappa shape index (κ2) is 8.68. The molecule has 2 heterocycles. The Kier molecular flexibility index (Phi) is 6.31. The van der Waals surface area contributed by atoms with E-state index in [-0.39, 0.29) is 0 Å². The summed E-state index contributed by atoms with van der Waals surface area (Å²) in [5.74, 6) is 1.17. The lowest BCUT2D eigenvalue weighted by molar-refractivity contribution is 0.140. The highest BCUT2D eigenvalue weighted by molar-refractivity contribution is 5.50. The largest absolute Gasteiger partial charge is 0.351 e. The molecular formula is C23H33N3. The molecule has 2 aromatic rings. The summed E-state index contributed by atoms with van der Waals surface area (Å²) in [7, 11) is 0. The van der Waals surface area contributed by atoms with Crippen molar-refractivity contribution < 1.29 is 0 Å². The number of nitrogens with zero attached hydrogens (tertiary/aromatic N) is 3. The highest BCUT2D eigenvalue weighted by Gasteiger charge is 2.29. The molecule has 0 aliphatic carbocycles. The Morgan fingerprint density at radius 2 is 1.73 bits per heavy atom. The summed E-state index contributed by atoms with van der Waals surface area (Å²) >= 11 is 0. The first-order valence-electron chi connectivity index (χ1n) is 10.1. The van der Waals surface area contributed by atoms with Crippen molar-refractivity contribution in [3.05, 3.63) is 59.8 Å². The van der Waals surface area contributed by atoms with Crippen molar-refractivity contribution >= 4 is 5.82 Å². The van der Waals surface area contributed by atoms with Crippen LogP contribution < -0.4 is 4.90 Å². The summed E-state index contributed by atoms with van der Waals surface area (Å²) in [6.45, 7) is 11.2. The molecule has 1 aromatic heterocycles. The number of anilines is 1. The van der Waals surface area contributed by atoms with E-state index in [1.807, 2.05) is 6.20 Å². The zero-order chi connectivity index (χ0) is 18.5. The van der Waals surface area contributed by atoms with Crippen LogP contribution in [0.1, 0.15) is 64.1 Å². The first-order valence-corrected chi connectivity index (χ1v) is 10.1. The lowest BCUT2D eigenvalue weighted by Crippen LogP contribution is -2.40. The number of pyridine rings is 1. The Hall–Kier alpha value is -1.87. The number of aromatic nitrogens is 1. The Morgan fingerprint density at radius 3 is 2.42 bits per heavy atom. The van der Waals surface area contributed by atoms with Gasteiger partial charge in [0.05, 0.1) is 0 Å². The molecule has 0 radical (unpaired) electrons. The summed E-state index contributed by atoms with van der Waals surface area (Å²) < 4.78 is 0. The number of rotatable bonds is 6. The quantitative estimate of drug-likeness (QED) is 0.691. The molecule has 1 saturated heterocycles. The van der Waals surface area contributed by atoms with Crippen molar-refractivity contribution in [2.75, 3.05) is 11.4 Å². The number of hydrogen-bond acceptors (Lipinski definition) is 3. The molecule has 0 N–H and O–H groups in total. The van der Waals surface area contributed by atoms with Gasteiger partial charge in [-0.05, 0) is 58.7 Å². The summed E-state index contributed by atoms with van der Waals surface area (Å²) in [6.07, 6.45) is 5.75. The molecule has 1 aliphatic rings. The summed E-state index contributed by atoms with van der Waals surface area (Å²) in [5.41, 5.74) is 2.79. The van der Waals surface area contributed by atoms with Crippen LogP contribution in [-0.2, 0) is 6.54 Å². The van der Waals surface area contributed by atoms with Gasteiger partial charge in [0.1, 0.15) is 5.82 Å². The minimum absolute atomic E-state index is 0.440. The van der Waals surface area contributed by atoms with Crippen molar-refractivity contribution in [2.45, 2.75) is 71.6 Å². The molecule has 3 nitrogen and oxygen atoms in total. The van der Waals surface area contributed by atoms with Gasteiger partial charge in [0.25, 0.3) is 0 Å². The number of hydrogen-bond donors (Lipinski definition) is 0. The Labute approximate surface area is 159 Å². The molecule has 0 bridgehead atoms. The average Bonchev–Trinajstić information content (AvgIpc) is 2.63. The van der Waals surface area contributed by atoms with Crippen LogP contribution >= 0.6 is 0 Å². The molecule has 140 valence electrons. The highest BCUT2D eigenvalue weighted by atomic mass is 15.2. The first-order chi connectivity index (χ1) is 12.6. The second-order valence-corrected chi connectivity index (χ2v) is 7.98. The molecule has 3 heteroatoms. The molecule has 1 aliphatic heterocycles. The van der Waals surface area contributed by atoms with Gasteiger partial charge in [-0.1, -0.05) is 42.8 Å². The molecule has 0 saturated carbocycles. The topological polar surface area (TPSA) is 19.4 Å². The van der Waals surface area contributed by atoms with Crippen LogP contribution in [0.5, 0.6) is 0 Å². The highest BCUT2D eigenvalue weighted by Crippen LogP contribution is 2.37. The van der Waals surface area contributed by atoms with Crippen molar-refractivity contribution in [2.24, 2.45) is 0 Å². The maximum Gasteiger partial charge on any atom is 0.133 e. The average molecular weight is 352 g/mol. The third-order valence-electron chi connectivity index (χ3n) is 5.38. The zero-order valence-electron chi connectivity index (χ0n) is 16.7. The maximum absolute atomic E-state index is 4.84. The van der Waals surface area contributed by atoms with Crippen LogP contribution in [-0.4, -0.2) is 28.5 Å². The van der Waals surface area contributed by atoms with E-state index in [0.717, 1.165) is 13.1 Å². The summed E-state index contributed by atoms with van der Waals surface area (Å²) in [6, 6.07) is 16.6. The fraction of sp³-hybridized carbons (Fsp3) is 0.522. The molecule has 0 unspecified atom stereocenters. The van der Waals surface area contributed by atoms with Crippen LogP contribution in [0.3, 0.4) is 0 Å². The van der Waals surface area contributed by atoms with Gasteiger partial charge >= 0.3 is 0 Å². The molecule has 1 fully saturated rings. The van der Waals surface area contributed by atoms with Gasteiger partial charge in [0.2, 0.25) is 0 Å². The molecule has 1 aromatic carbocycles. The smallest absolute Gasteiger partial charge is 0.133 e. The number of piperidine rings is 1. The van der Waals surface area contributed by atoms with Gasteiger partial charge in [0.15, 0.2) is 0 Å². The van der Waals surface area contributed by atoms with Crippen molar-refractivity contribution in [3.63, 3.8) is 0 Å². The lowest BCUT2D eigenvalue weighted by Gasteiger charge is -2.40. The van der Waals surface area contributed by atoms with E-state index in [0.29, 0.717) is 18.1 Å². The van der Waals surface area contributed by atoms with E-state index in [4.69, 9.17) is 4.98 Å². The lowest BCUT2D eigenvalue weighted by atomic mass is 9.94. The normalized spacial score (nSPS) is 18.5. The number of likely N-dealkylation sites (tertiary alicyclic amines) is 1. The molecule has 0 spiro atoms. The third-order valence-corrected chi connectivity index (χ3v) is 5.38. The predicted octanol–water partition coefficient (Wildman–Crippen LogP) is 5.43. The van der Waals surface area contributed by atoms with Crippen LogP contribution in [0.4, 0.5) is 5.82 Å². The fourth-order valence-electron chi connectivity index (χ4n) is 4.32. The molecule has 1 atom stereocenters. The predicted molar refractivity (Wildman–Crippen MR) is 110 cm³/mol. The van der Waals surface area contributed by atoms with E-state index in [9.17, 15) is 0 Å². The van der Waals surface area contributed by atoms with Crippen molar-refractivity contribution in [1.29, 1.82) is 0 Å². The second-order valence-electron chi connectivity index (χ2n) is 7.98. The number of benzene rings is 1. The van der Waals surface area contributed by atoms with Gasteiger partial charge in [-0.15, -0.1) is 0 Å². The molecule has 26 heavy (non-hydrogen) atoms. The molecule has 0 amide bonds. The summed E-state index contributed by atoms with van der Waals surface area (Å²) in [4.78, 5) is 9.95. The van der Waals surface area contributed by atoms with Crippen LogP contribution in [0.2, 0.25) is 0 Å². The monoisotopic (exact) mass is 351 g/mol. The van der Waals surface area contributed by atoms with Crippen LogP contribution in [0.25, 0.3) is 0 Å². The zero-order valence-corrected chi connectivity index (χ0v) is 16.7. The minimum Gasteiger partial charge on any atom is -0.351 e. The molecule has 3 rings (SSSR count). The van der Waals surface area contributed by atoms with Crippen molar-refractivity contribution in [1.82, 2.24) is 9.88 Å². The van der Waals surface area contributed by atoms with Crippen molar-refractivity contribution in [3.8, 4) is 0 Å². The Morgan fingerprint density at radius 1 is 1.00 bits per heavy atom. The van der Waals surface area contributed by atoms with Gasteiger partial charge in [-0.25, -0.2) is 4.98 Å². The summed E-state index contributed by atoms with van der Waals surface area (Å²) in [5, 5.41) is 0. The Balaban J connectivity index is 1.93. The SMILES string of the molecule is CC(C)N(c1ncccc1[C@H]1CCCCN1Cc1ccccc1)C(C)C. The van der Waals surface area contributed by atoms with Gasteiger partial charge < -0.3 is 4.90 Å². The van der Waals surface area contributed by atoms with Crippen LogP contribution in [0.15, 0.2) is 48.7 Å². The van der Waals surface area contributed by atoms with Gasteiger partial charge in [-0.3, -0.25) is 4.90 Å². The standard InChI is InChI=1S/C23H33N3/c1-18(2)26(19(3)4)23-21(13-10-15-24-23)22-14-8-9-16-25(22)17-20-11-6-5-7-12-20/h5-7,10-13,15,18-19,22H,8-9,14,16-17H2,1-4H3/t22-/m1/s1. The van der Waals surface area contributed by atoms with E-state index in [1.54, 1.807) is 0 Å². The van der Waals surface area contributed by atoms with E-state index in [1.165, 1.54) is 36.2 Å². The maximum atomic E-state index is 4.84. The van der Waals surface area contributed by atoms with E-state index < -0.39 is 0 Å². The van der Waals surface area contributed by atoms with Crippen LogP contribution in [0, 0.1) is 0 Å². The van der Waals surface area contributed by atoms with E-state index in [2.05, 4.69) is 80.0 Å². The van der Waals surface area contributed by atoms with E-state index >= 15 is 0 Å².